The molecule has 0 bridgehead atoms. The van der Waals surface area contributed by atoms with E-state index in [4.69, 9.17) is 5.73 Å². The van der Waals surface area contributed by atoms with Crippen LogP contribution in [0, 0.1) is 0 Å². The van der Waals surface area contributed by atoms with E-state index in [1.54, 1.807) is 6.92 Å². The molecule has 4 nitrogen and oxygen atoms in total. The predicted octanol–water partition coefficient (Wildman–Crippen LogP) is 1.04. The average molecular weight is 207 g/mol. The second-order valence-corrected chi connectivity index (χ2v) is 3.72. The topological polar surface area (TPSA) is 58.4 Å². The SMILES string of the molecule is C[C@H](N)C(=O)Nc1ccc(N(C)C)cc1. The molecule has 0 saturated heterocycles. The maximum Gasteiger partial charge on any atom is 0.240 e. The minimum absolute atomic E-state index is 0.174. The quantitative estimate of drug-likeness (QED) is 0.778. The van der Waals surface area contributed by atoms with Gasteiger partial charge in [-0.25, -0.2) is 0 Å². The molecule has 0 heterocycles. The summed E-state index contributed by atoms with van der Waals surface area (Å²) in [4.78, 5) is 13.3. The molecule has 0 aliphatic heterocycles. The molecule has 0 aliphatic carbocycles. The number of rotatable bonds is 3. The molecule has 0 spiro atoms. The summed E-state index contributed by atoms with van der Waals surface area (Å²) in [5.74, 6) is -0.174. The van der Waals surface area contributed by atoms with Gasteiger partial charge in [0.1, 0.15) is 0 Å². The minimum Gasteiger partial charge on any atom is -0.378 e. The second-order valence-electron chi connectivity index (χ2n) is 3.72. The standard InChI is InChI=1S/C11H17N3O/c1-8(12)11(15)13-9-4-6-10(7-5-9)14(2)3/h4-8H,12H2,1-3H3,(H,13,15)/t8-/m0/s1. The van der Waals surface area contributed by atoms with Crippen LogP contribution in [-0.2, 0) is 4.79 Å². The van der Waals surface area contributed by atoms with Gasteiger partial charge in [0.25, 0.3) is 0 Å². The Labute approximate surface area is 90.1 Å². The summed E-state index contributed by atoms with van der Waals surface area (Å²) < 4.78 is 0. The van der Waals surface area contributed by atoms with Crippen LogP contribution >= 0.6 is 0 Å². The maximum atomic E-state index is 11.3. The molecule has 1 aromatic carbocycles. The summed E-state index contributed by atoms with van der Waals surface area (Å²) in [6.45, 7) is 1.66. The highest BCUT2D eigenvalue weighted by molar-refractivity contribution is 5.94. The van der Waals surface area contributed by atoms with Crippen molar-refractivity contribution < 1.29 is 4.79 Å². The van der Waals surface area contributed by atoms with Gasteiger partial charge in [0.15, 0.2) is 0 Å². The van der Waals surface area contributed by atoms with Crippen LogP contribution in [-0.4, -0.2) is 26.0 Å². The number of benzene rings is 1. The maximum absolute atomic E-state index is 11.3. The molecule has 0 fully saturated rings. The van der Waals surface area contributed by atoms with Crippen molar-refractivity contribution >= 4 is 17.3 Å². The molecule has 0 aromatic heterocycles. The van der Waals surface area contributed by atoms with E-state index >= 15 is 0 Å². The number of hydrogen-bond donors (Lipinski definition) is 2. The number of nitrogens with two attached hydrogens (primary N) is 1. The lowest BCUT2D eigenvalue weighted by atomic mass is 10.2. The van der Waals surface area contributed by atoms with Crippen LogP contribution in [0.2, 0.25) is 0 Å². The van der Waals surface area contributed by atoms with Gasteiger partial charge in [0.2, 0.25) is 5.91 Å². The third kappa shape index (κ3) is 3.25. The largest absolute Gasteiger partial charge is 0.378 e. The fourth-order valence-corrected chi connectivity index (χ4v) is 1.10. The highest BCUT2D eigenvalue weighted by Crippen LogP contribution is 2.15. The van der Waals surface area contributed by atoms with Crippen molar-refractivity contribution in [3.63, 3.8) is 0 Å². The Hall–Kier alpha value is -1.55. The lowest BCUT2D eigenvalue weighted by Crippen LogP contribution is -2.32. The third-order valence-electron chi connectivity index (χ3n) is 2.06. The summed E-state index contributed by atoms with van der Waals surface area (Å²) in [6.07, 6.45) is 0. The number of nitrogens with one attached hydrogen (secondary N) is 1. The first-order valence-electron chi connectivity index (χ1n) is 4.84. The number of hydrogen-bond acceptors (Lipinski definition) is 3. The van der Waals surface area contributed by atoms with Crippen molar-refractivity contribution in [1.29, 1.82) is 0 Å². The Morgan fingerprint density at radius 1 is 1.33 bits per heavy atom. The van der Waals surface area contributed by atoms with Crippen LogP contribution in [0.4, 0.5) is 11.4 Å². The zero-order valence-electron chi connectivity index (χ0n) is 9.32. The molecule has 0 aliphatic rings. The normalized spacial score (nSPS) is 12.0. The van der Waals surface area contributed by atoms with E-state index in [-0.39, 0.29) is 5.91 Å². The molecular weight excluding hydrogens is 190 g/mol. The second kappa shape index (κ2) is 4.79. The van der Waals surface area contributed by atoms with Gasteiger partial charge in [0.05, 0.1) is 6.04 Å². The van der Waals surface area contributed by atoms with Gasteiger partial charge < -0.3 is 16.0 Å². The molecule has 1 rings (SSSR count). The first-order valence-corrected chi connectivity index (χ1v) is 4.84. The summed E-state index contributed by atoms with van der Waals surface area (Å²) in [6, 6.07) is 7.11. The first-order chi connectivity index (χ1) is 7.00. The highest BCUT2D eigenvalue weighted by atomic mass is 16.2. The van der Waals surface area contributed by atoms with E-state index in [1.165, 1.54) is 0 Å². The molecule has 4 heteroatoms. The van der Waals surface area contributed by atoms with Gasteiger partial charge in [-0.2, -0.15) is 0 Å². The van der Waals surface area contributed by atoms with Crippen LogP contribution in [0.1, 0.15) is 6.92 Å². The lowest BCUT2D eigenvalue weighted by Gasteiger charge is -2.13. The lowest BCUT2D eigenvalue weighted by molar-refractivity contribution is -0.117. The van der Waals surface area contributed by atoms with Crippen LogP contribution in [0.15, 0.2) is 24.3 Å². The van der Waals surface area contributed by atoms with E-state index in [0.717, 1.165) is 11.4 Å². The van der Waals surface area contributed by atoms with Gasteiger partial charge in [-0.3, -0.25) is 4.79 Å². The highest BCUT2D eigenvalue weighted by Gasteiger charge is 2.06. The van der Waals surface area contributed by atoms with Crippen molar-refractivity contribution in [2.45, 2.75) is 13.0 Å². The summed E-state index contributed by atoms with van der Waals surface area (Å²) >= 11 is 0. The number of anilines is 2. The van der Waals surface area contributed by atoms with Gasteiger partial charge in [-0.05, 0) is 31.2 Å². The molecule has 1 aromatic rings. The Morgan fingerprint density at radius 2 is 1.87 bits per heavy atom. The fourth-order valence-electron chi connectivity index (χ4n) is 1.10. The van der Waals surface area contributed by atoms with Crippen molar-refractivity contribution in [1.82, 2.24) is 0 Å². The van der Waals surface area contributed by atoms with Crippen molar-refractivity contribution in [3.8, 4) is 0 Å². The molecule has 1 atom stereocenters. The summed E-state index contributed by atoms with van der Waals surface area (Å²) in [5.41, 5.74) is 7.30. The monoisotopic (exact) mass is 207 g/mol. The van der Waals surface area contributed by atoms with E-state index in [9.17, 15) is 4.79 Å². The molecule has 82 valence electrons. The van der Waals surface area contributed by atoms with Gasteiger partial charge in [-0.15, -0.1) is 0 Å². The number of nitrogens with zero attached hydrogens (tertiary/aromatic N) is 1. The summed E-state index contributed by atoms with van der Waals surface area (Å²) in [7, 11) is 3.94. The zero-order valence-corrected chi connectivity index (χ0v) is 9.32. The van der Waals surface area contributed by atoms with Crippen molar-refractivity contribution in [3.05, 3.63) is 24.3 Å². The molecule has 0 unspecified atom stereocenters. The summed E-state index contributed by atoms with van der Waals surface area (Å²) in [5, 5.41) is 2.73. The molecule has 0 saturated carbocycles. The number of amides is 1. The molecule has 15 heavy (non-hydrogen) atoms. The van der Waals surface area contributed by atoms with E-state index in [1.807, 2.05) is 43.3 Å². The Balaban J connectivity index is 2.69. The van der Waals surface area contributed by atoms with Crippen LogP contribution in [0.5, 0.6) is 0 Å². The minimum atomic E-state index is -0.487. The third-order valence-corrected chi connectivity index (χ3v) is 2.06. The molecule has 3 N–H and O–H groups in total. The van der Waals surface area contributed by atoms with Crippen LogP contribution in [0.3, 0.4) is 0 Å². The first kappa shape index (κ1) is 11.5. The zero-order chi connectivity index (χ0) is 11.4. The Morgan fingerprint density at radius 3 is 2.27 bits per heavy atom. The van der Waals surface area contributed by atoms with Crippen LogP contribution < -0.4 is 16.0 Å². The van der Waals surface area contributed by atoms with E-state index in [2.05, 4.69) is 5.32 Å². The van der Waals surface area contributed by atoms with Gasteiger partial charge >= 0.3 is 0 Å². The van der Waals surface area contributed by atoms with Crippen LogP contribution in [0.25, 0.3) is 0 Å². The van der Waals surface area contributed by atoms with Crippen molar-refractivity contribution in [2.24, 2.45) is 5.73 Å². The molecule has 1 amide bonds. The Kier molecular flexibility index (Phi) is 3.68. The molecular formula is C11H17N3O. The predicted molar refractivity (Wildman–Crippen MR) is 63.0 cm³/mol. The Bertz CT molecular complexity index is 330. The number of carbonyl (C=O) groups is 1. The average Bonchev–Trinajstić information content (AvgIpc) is 2.18. The number of carbonyl (C=O) groups excluding carboxylic acids is 1. The van der Waals surface area contributed by atoms with Crippen molar-refractivity contribution in [2.75, 3.05) is 24.3 Å². The fraction of sp³-hybridized carbons (Fsp3) is 0.364. The van der Waals surface area contributed by atoms with E-state index < -0.39 is 6.04 Å². The van der Waals surface area contributed by atoms with Gasteiger partial charge in [-0.1, -0.05) is 0 Å². The molecule has 0 radical (unpaired) electrons. The van der Waals surface area contributed by atoms with E-state index in [0.29, 0.717) is 0 Å². The van der Waals surface area contributed by atoms with Gasteiger partial charge in [0, 0.05) is 25.5 Å². The smallest absolute Gasteiger partial charge is 0.240 e.